The van der Waals surface area contributed by atoms with Gasteiger partial charge in [0.2, 0.25) is 0 Å². The number of nitrogens with two attached hydrogens (primary N) is 1. The number of para-hydroxylation sites is 1. The second-order valence-corrected chi connectivity index (χ2v) is 4.14. The van der Waals surface area contributed by atoms with Crippen molar-refractivity contribution in [1.82, 2.24) is 4.90 Å². The number of carbonyl (C=O) groups excluding carboxylic acids is 1. The fourth-order valence-electron chi connectivity index (χ4n) is 1.82. The van der Waals surface area contributed by atoms with Crippen LogP contribution in [0.4, 0.5) is 5.69 Å². The van der Waals surface area contributed by atoms with Gasteiger partial charge >= 0.3 is 0 Å². The van der Waals surface area contributed by atoms with Crippen LogP contribution < -0.4 is 5.73 Å². The Morgan fingerprint density at radius 3 is 2.79 bits per heavy atom. The summed E-state index contributed by atoms with van der Waals surface area (Å²) in [6.45, 7) is 2.73. The molecule has 0 fully saturated rings. The molecular formula is C14H16N2O3. The monoisotopic (exact) mass is 260 g/mol. The Morgan fingerprint density at radius 1 is 1.37 bits per heavy atom. The van der Waals surface area contributed by atoms with Gasteiger partial charge in [0.1, 0.15) is 5.76 Å². The van der Waals surface area contributed by atoms with Crippen molar-refractivity contribution in [2.24, 2.45) is 0 Å². The average Bonchev–Trinajstić information content (AvgIpc) is 2.91. The van der Waals surface area contributed by atoms with Crippen molar-refractivity contribution in [2.45, 2.75) is 13.5 Å². The van der Waals surface area contributed by atoms with Gasteiger partial charge in [-0.15, -0.1) is 0 Å². The van der Waals surface area contributed by atoms with Gasteiger partial charge in [-0.05, 0) is 31.2 Å². The highest BCUT2D eigenvalue weighted by Crippen LogP contribution is 2.26. The molecule has 0 spiro atoms. The smallest absolute Gasteiger partial charge is 0.258 e. The molecule has 0 aliphatic rings. The summed E-state index contributed by atoms with van der Waals surface area (Å²) in [5.41, 5.74) is 5.99. The zero-order valence-electron chi connectivity index (χ0n) is 10.7. The maximum absolute atomic E-state index is 12.3. The maximum Gasteiger partial charge on any atom is 0.258 e. The lowest BCUT2D eigenvalue weighted by Gasteiger charge is -2.20. The minimum atomic E-state index is -0.274. The first-order valence-electron chi connectivity index (χ1n) is 6.02. The van der Waals surface area contributed by atoms with Gasteiger partial charge in [0, 0.05) is 6.54 Å². The molecule has 2 rings (SSSR count). The third-order valence-corrected chi connectivity index (χ3v) is 2.89. The van der Waals surface area contributed by atoms with Gasteiger partial charge in [-0.25, -0.2) is 0 Å². The SMILES string of the molecule is CCN(Cc1ccco1)C(=O)c1cccc(N)c1O. The van der Waals surface area contributed by atoms with Gasteiger partial charge in [0.05, 0.1) is 24.1 Å². The van der Waals surface area contributed by atoms with Crippen molar-refractivity contribution in [3.63, 3.8) is 0 Å². The predicted octanol–water partition coefficient (Wildman–Crippen LogP) is 2.23. The number of benzene rings is 1. The van der Waals surface area contributed by atoms with E-state index in [1.165, 1.54) is 0 Å². The highest BCUT2D eigenvalue weighted by Gasteiger charge is 2.19. The number of phenolic OH excluding ortho intramolecular Hbond substituents is 1. The summed E-state index contributed by atoms with van der Waals surface area (Å²) >= 11 is 0. The quantitative estimate of drug-likeness (QED) is 0.652. The van der Waals surface area contributed by atoms with Crippen LogP contribution in [0.5, 0.6) is 5.75 Å². The van der Waals surface area contributed by atoms with Crippen molar-refractivity contribution in [3.8, 4) is 5.75 Å². The maximum atomic E-state index is 12.3. The van der Waals surface area contributed by atoms with E-state index in [1.54, 1.807) is 41.5 Å². The number of hydrogen-bond acceptors (Lipinski definition) is 4. The Balaban J connectivity index is 2.23. The summed E-state index contributed by atoms with van der Waals surface area (Å²) in [6.07, 6.45) is 1.56. The number of amides is 1. The summed E-state index contributed by atoms with van der Waals surface area (Å²) in [4.78, 5) is 13.9. The van der Waals surface area contributed by atoms with Crippen LogP contribution in [-0.4, -0.2) is 22.5 Å². The molecule has 0 saturated carbocycles. The lowest BCUT2D eigenvalue weighted by Crippen LogP contribution is -2.30. The summed E-state index contributed by atoms with van der Waals surface area (Å²) in [5.74, 6) is 0.243. The number of furan rings is 1. The molecule has 1 heterocycles. The van der Waals surface area contributed by atoms with E-state index < -0.39 is 0 Å². The van der Waals surface area contributed by atoms with Gasteiger partial charge < -0.3 is 20.2 Å². The molecule has 1 amide bonds. The molecule has 100 valence electrons. The first-order valence-corrected chi connectivity index (χ1v) is 6.02. The van der Waals surface area contributed by atoms with E-state index in [-0.39, 0.29) is 22.9 Å². The zero-order valence-corrected chi connectivity index (χ0v) is 10.7. The van der Waals surface area contributed by atoms with Crippen molar-refractivity contribution >= 4 is 11.6 Å². The number of aromatic hydroxyl groups is 1. The second kappa shape index (κ2) is 5.48. The van der Waals surface area contributed by atoms with Gasteiger partial charge in [-0.2, -0.15) is 0 Å². The largest absolute Gasteiger partial charge is 0.505 e. The van der Waals surface area contributed by atoms with Gasteiger partial charge in [-0.3, -0.25) is 4.79 Å². The molecule has 2 aromatic rings. The van der Waals surface area contributed by atoms with E-state index in [1.807, 2.05) is 6.92 Å². The van der Waals surface area contributed by atoms with Crippen LogP contribution in [0.3, 0.4) is 0 Å². The molecule has 19 heavy (non-hydrogen) atoms. The summed E-state index contributed by atoms with van der Waals surface area (Å²) in [7, 11) is 0. The summed E-state index contributed by atoms with van der Waals surface area (Å²) in [6, 6.07) is 8.32. The van der Waals surface area contributed by atoms with Crippen molar-refractivity contribution in [2.75, 3.05) is 12.3 Å². The van der Waals surface area contributed by atoms with Crippen LogP contribution in [0, 0.1) is 0 Å². The van der Waals surface area contributed by atoms with Crippen LogP contribution in [0.1, 0.15) is 23.0 Å². The molecule has 0 radical (unpaired) electrons. The molecule has 1 aromatic heterocycles. The van der Waals surface area contributed by atoms with Crippen LogP contribution in [0.25, 0.3) is 0 Å². The second-order valence-electron chi connectivity index (χ2n) is 4.14. The summed E-state index contributed by atoms with van der Waals surface area (Å²) < 4.78 is 5.22. The van der Waals surface area contributed by atoms with E-state index in [9.17, 15) is 9.90 Å². The Bertz CT molecular complexity index is 564. The number of anilines is 1. The fourth-order valence-corrected chi connectivity index (χ4v) is 1.82. The van der Waals surface area contributed by atoms with Crippen LogP contribution >= 0.6 is 0 Å². The average molecular weight is 260 g/mol. The van der Waals surface area contributed by atoms with Gasteiger partial charge in [0.15, 0.2) is 5.75 Å². The molecule has 0 bridgehead atoms. The van der Waals surface area contributed by atoms with E-state index in [0.717, 1.165) is 0 Å². The zero-order chi connectivity index (χ0) is 13.8. The lowest BCUT2D eigenvalue weighted by molar-refractivity contribution is 0.0738. The third-order valence-electron chi connectivity index (χ3n) is 2.89. The molecule has 0 saturated heterocycles. The molecule has 1 aromatic carbocycles. The van der Waals surface area contributed by atoms with Crippen LogP contribution in [0.15, 0.2) is 41.0 Å². The van der Waals surface area contributed by atoms with E-state index >= 15 is 0 Å². The van der Waals surface area contributed by atoms with Crippen molar-refractivity contribution in [3.05, 3.63) is 47.9 Å². The van der Waals surface area contributed by atoms with E-state index in [4.69, 9.17) is 10.2 Å². The first-order chi connectivity index (χ1) is 9.13. The minimum absolute atomic E-state index is 0.176. The predicted molar refractivity (Wildman–Crippen MR) is 71.6 cm³/mol. The number of nitrogens with zero attached hydrogens (tertiary/aromatic N) is 1. The lowest BCUT2D eigenvalue weighted by atomic mass is 10.1. The summed E-state index contributed by atoms with van der Waals surface area (Å²) in [5, 5.41) is 9.84. The Morgan fingerprint density at radius 2 is 2.16 bits per heavy atom. The molecule has 5 heteroatoms. The number of carbonyl (C=O) groups is 1. The van der Waals surface area contributed by atoms with E-state index in [0.29, 0.717) is 18.8 Å². The standard InChI is InChI=1S/C14H16N2O3/c1-2-16(9-10-5-4-8-19-10)14(18)11-6-3-7-12(15)13(11)17/h3-8,17H,2,9,15H2,1H3. The molecule has 0 aliphatic carbocycles. The Hall–Kier alpha value is -2.43. The molecule has 5 nitrogen and oxygen atoms in total. The van der Waals surface area contributed by atoms with Gasteiger partial charge in [-0.1, -0.05) is 6.07 Å². The van der Waals surface area contributed by atoms with Crippen molar-refractivity contribution in [1.29, 1.82) is 0 Å². The molecule has 0 atom stereocenters. The third kappa shape index (κ3) is 2.70. The normalized spacial score (nSPS) is 10.4. The number of hydrogen-bond donors (Lipinski definition) is 2. The molecule has 3 N–H and O–H groups in total. The first kappa shape index (κ1) is 13.0. The molecular weight excluding hydrogens is 244 g/mol. The van der Waals surface area contributed by atoms with E-state index in [2.05, 4.69) is 0 Å². The molecule has 0 unspecified atom stereocenters. The Kier molecular flexibility index (Phi) is 3.75. The number of nitrogen functional groups attached to an aromatic ring is 1. The van der Waals surface area contributed by atoms with Crippen molar-refractivity contribution < 1.29 is 14.3 Å². The highest BCUT2D eigenvalue weighted by molar-refractivity contribution is 5.98. The highest BCUT2D eigenvalue weighted by atomic mass is 16.3. The van der Waals surface area contributed by atoms with Crippen LogP contribution in [0.2, 0.25) is 0 Å². The number of rotatable bonds is 4. The fraction of sp³-hybridized carbons (Fsp3) is 0.214. The van der Waals surface area contributed by atoms with Gasteiger partial charge in [0.25, 0.3) is 5.91 Å². The van der Waals surface area contributed by atoms with Crippen LogP contribution in [-0.2, 0) is 6.54 Å². The molecule has 0 aliphatic heterocycles. The Labute approximate surface area is 111 Å². The number of phenols is 1. The minimum Gasteiger partial charge on any atom is -0.505 e. The topological polar surface area (TPSA) is 79.7 Å².